The minimum Gasteiger partial charge on any atom is -0.496 e. The van der Waals surface area contributed by atoms with Crippen molar-refractivity contribution in [2.24, 2.45) is 5.92 Å². The largest absolute Gasteiger partial charge is 0.496 e. The Kier molecular flexibility index (Phi) is 6.04. The van der Waals surface area contributed by atoms with Gasteiger partial charge in [-0.15, -0.1) is 10.2 Å². The summed E-state index contributed by atoms with van der Waals surface area (Å²) in [5.41, 5.74) is 2.36. The first-order valence-electron chi connectivity index (χ1n) is 9.04. The summed E-state index contributed by atoms with van der Waals surface area (Å²) in [6, 6.07) is 6.31. The van der Waals surface area contributed by atoms with Crippen molar-refractivity contribution >= 4 is 0 Å². The molecule has 0 radical (unpaired) electrons. The first-order chi connectivity index (χ1) is 12.2. The van der Waals surface area contributed by atoms with E-state index in [1.54, 1.807) is 7.11 Å². The molecule has 2 aromatic rings. The molecule has 1 aromatic carbocycles. The van der Waals surface area contributed by atoms with E-state index in [1.165, 1.54) is 12.0 Å². The second-order valence-electron chi connectivity index (χ2n) is 6.59. The molecule has 1 N–H and O–H groups in total. The average Bonchev–Trinajstić information content (AvgIpc) is 3.01. The van der Waals surface area contributed by atoms with Gasteiger partial charge >= 0.3 is 0 Å². The molecule has 1 unspecified atom stereocenters. The van der Waals surface area contributed by atoms with Gasteiger partial charge in [-0.3, -0.25) is 0 Å². The molecular weight excluding hydrogens is 316 g/mol. The van der Waals surface area contributed by atoms with E-state index in [0.29, 0.717) is 19.1 Å². The predicted octanol–water partition coefficient (Wildman–Crippen LogP) is 2.48. The Labute approximate surface area is 149 Å². The lowest BCUT2D eigenvalue weighted by molar-refractivity contribution is 0.132. The molecule has 6 heteroatoms. The van der Waals surface area contributed by atoms with Crippen molar-refractivity contribution in [3.05, 3.63) is 41.0 Å². The number of ether oxygens (including phenoxy) is 2. The number of hydrogen-bond donors (Lipinski definition) is 1. The molecule has 0 fully saturated rings. The van der Waals surface area contributed by atoms with Gasteiger partial charge in [-0.1, -0.05) is 6.07 Å². The summed E-state index contributed by atoms with van der Waals surface area (Å²) in [6.07, 6.45) is 2.19. The molecule has 0 saturated carbocycles. The van der Waals surface area contributed by atoms with Crippen LogP contribution in [0.2, 0.25) is 0 Å². The molecule has 2 heterocycles. The van der Waals surface area contributed by atoms with E-state index in [-0.39, 0.29) is 0 Å². The minimum absolute atomic E-state index is 0.589. The summed E-state index contributed by atoms with van der Waals surface area (Å²) in [4.78, 5) is 0. The molecule has 1 aromatic heterocycles. The molecule has 3 rings (SSSR count). The van der Waals surface area contributed by atoms with Crippen LogP contribution in [0.25, 0.3) is 0 Å². The zero-order valence-electron chi connectivity index (χ0n) is 15.4. The highest BCUT2D eigenvalue weighted by Crippen LogP contribution is 2.22. The number of rotatable bonds is 8. The summed E-state index contributed by atoms with van der Waals surface area (Å²) in [7, 11) is 1.70. The van der Waals surface area contributed by atoms with Crippen LogP contribution in [-0.2, 0) is 30.9 Å². The van der Waals surface area contributed by atoms with Crippen LogP contribution in [0.5, 0.6) is 5.75 Å². The molecule has 1 aliphatic heterocycles. The molecular formula is C19H28N4O2. The fourth-order valence-electron chi connectivity index (χ4n) is 3.38. The SMILES string of the molecule is CCOCc1cc(CNCC2CCc3nnc(C)n3C2)ccc1OC. The second-order valence-corrected chi connectivity index (χ2v) is 6.59. The van der Waals surface area contributed by atoms with Gasteiger partial charge < -0.3 is 19.4 Å². The first kappa shape index (κ1) is 17.9. The number of nitrogens with one attached hydrogen (secondary N) is 1. The van der Waals surface area contributed by atoms with Gasteiger partial charge in [0.15, 0.2) is 0 Å². The molecule has 0 amide bonds. The number of fused-ring (bicyclic) bond motifs is 1. The summed E-state index contributed by atoms with van der Waals surface area (Å²) < 4.78 is 13.2. The average molecular weight is 344 g/mol. The van der Waals surface area contributed by atoms with Gasteiger partial charge in [0, 0.05) is 31.7 Å². The maximum atomic E-state index is 5.54. The van der Waals surface area contributed by atoms with Gasteiger partial charge in [0.05, 0.1) is 13.7 Å². The highest BCUT2D eigenvalue weighted by atomic mass is 16.5. The third-order valence-corrected chi connectivity index (χ3v) is 4.80. The Hall–Kier alpha value is -1.92. The van der Waals surface area contributed by atoms with Crippen molar-refractivity contribution in [3.63, 3.8) is 0 Å². The van der Waals surface area contributed by atoms with E-state index < -0.39 is 0 Å². The normalized spacial score (nSPS) is 16.7. The molecule has 0 aliphatic carbocycles. The Morgan fingerprint density at radius 2 is 2.20 bits per heavy atom. The van der Waals surface area contributed by atoms with E-state index in [2.05, 4.69) is 32.2 Å². The monoisotopic (exact) mass is 344 g/mol. The van der Waals surface area contributed by atoms with Crippen molar-refractivity contribution in [1.29, 1.82) is 0 Å². The van der Waals surface area contributed by atoms with Crippen molar-refractivity contribution in [2.75, 3.05) is 20.3 Å². The fraction of sp³-hybridized carbons (Fsp3) is 0.579. The van der Waals surface area contributed by atoms with Crippen LogP contribution in [0.15, 0.2) is 18.2 Å². The number of aryl methyl sites for hydroxylation is 2. The molecule has 1 aliphatic rings. The highest BCUT2D eigenvalue weighted by molar-refractivity contribution is 5.36. The van der Waals surface area contributed by atoms with Crippen LogP contribution in [0, 0.1) is 12.8 Å². The number of methoxy groups -OCH3 is 1. The van der Waals surface area contributed by atoms with Crippen LogP contribution in [-0.4, -0.2) is 35.0 Å². The van der Waals surface area contributed by atoms with E-state index in [9.17, 15) is 0 Å². The maximum Gasteiger partial charge on any atom is 0.133 e. The van der Waals surface area contributed by atoms with Crippen LogP contribution < -0.4 is 10.1 Å². The Morgan fingerprint density at radius 3 is 3.00 bits per heavy atom. The van der Waals surface area contributed by atoms with Gasteiger partial charge in [-0.25, -0.2) is 0 Å². The molecule has 0 saturated heterocycles. The molecule has 6 nitrogen and oxygen atoms in total. The summed E-state index contributed by atoms with van der Waals surface area (Å²) >= 11 is 0. The summed E-state index contributed by atoms with van der Waals surface area (Å²) in [6.45, 7) is 8.20. The van der Waals surface area contributed by atoms with Crippen LogP contribution in [0.4, 0.5) is 0 Å². The van der Waals surface area contributed by atoms with E-state index >= 15 is 0 Å². The first-order valence-corrected chi connectivity index (χ1v) is 9.04. The Morgan fingerprint density at radius 1 is 1.32 bits per heavy atom. The predicted molar refractivity (Wildman–Crippen MR) is 96.6 cm³/mol. The van der Waals surface area contributed by atoms with Gasteiger partial charge in [-0.05, 0) is 50.4 Å². The summed E-state index contributed by atoms with van der Waals surface area (Å²) in [5, 5.41) is 12.0. The number of nitrogens with zero attached hydrogens (tertiary/aromatic N) is 3. The summed E-state index contributed by atoms with van der Waals surface area (Å²) in [5.74, 6) is 3.67. The van der Waals surface area contributed by atoms with Crippen LogP contribution in [0.1, 0.15) is 36.1 Å². The second kappa shape index (κ2) is 8.45. The van der Waals surface area contributed by atoms with Gasteiger partial charge in [0.1, 0.15) is 17.4 Å². The Balaban J connectivity index is 1.53. The lowest BCUT2D eigenvalue weighted by Gasteiger charge is -2.24. The third kappa shape index (κ3) is 4.38. The lowest BCUT2D eigenvalue weighted by Crippen LogP contribution is -2.30. The van der Waals surface area contributed by atoms with Crippen LogP contribution >= 0.6 is 0 Å². The van der Waals surface area contributed by atoms with Crippen molar-refractivity contribution in [2.45, 2.75) is 46.4 Å². The highest BCUT2D eigenvalue weighted by Gasteiger charge is 2.21. The van der Waals surface area contributed by atoms with Gasteiger partial charge in [0.2, 0.25) is 0 Å². The van der Waals surface area contributed by atoms with Crippen molar-refractivity contribution < 1.29 is 9.47 Å². The standard InChI is InChI=1S/C19H28N4O2/c1-4-25-13-17-9-15(5-7-18(17)24-3)10-20-11-16-6-8-19-22-21-14(2)23(19)12-16/h5,7,9,16,20H,4,6,8,10-13H2,1-3H3. The zero-order valence-corrected chi connectivity index (χ0v) is 15.4. The van der Waals surface area contributed by atoms with E-state index in [0.717, 1.165) is 49.0 Å². The molecule has 25 heavy (non-hydrogen) atoms. The van der Waals surface area contributed by atoms with E-state index in [1.807, 2.05) is 19.9 Å². The minimum atomic E-state index is 0.589. The van der Waals surface area contributed by atoms with E-state index in [4.69, 9.17) is 9.47 Å². The molecule has 0 bridgehead atoms. The van der Waals surface area contributed by atoms with Crippen molar-refractivity contribution in [1.82, 2.24) is 20.1 Å². The molecule has 136 valence electrons. The molecule has 0 spiro atoms. The van der Waals surface area contributed by atoms with Crippen molar-refractivity contribution in [3.8, 4) is 5.75 Å². The smallest absolute Gasteiger partial charge is 0.133 e. The Bertz CT molecular complexity index is 699. The molecule has 1 atom stereocenters. The maximum absolute atomic E-state index is 5.54. The number of aromatic nitrogens is 3. The van der Waals surface area contributed by atoms with Gasteiger partial charge in [0.25, 0.3) is 0 Å². The van der Waals surface area contributed by atoms with Gasteiger partial charge in [-0.2, -0.15) is 0 Å². The zero-order chi connectivity index (χ0) is 17.6. The quantitative estimate of drug-likeness (QED) is 0.797. The number of benzene rings is 1. The number of hydrogen-bond acceptors (Lipinski definition) is 5. The van der Waals surface area contributed by atoms with Crippen LogP contribution in [0.3, 0.4) is 0 Å². The topological polar surface area (TPSA) is 61.2 Å². The fourth-order valence-corrected chi connectivity index (χ4v) is 3.38. The lowest BCUT2D eigenvalue weighted by atomic mass is 9.99. The third-order valence-electron chi connectivity index (χ3n) is 4.80.